The minimum absolute atomic E-state index is 0.173. The molecule has 4 nitrogen and oxygen atoms in total. The van der Waals surface area contributed by atoms with Crippen LogP contribution in [0.4, 0.5) is 0 Å². The Hall–Kier alpha value is -3.66. The summed E-state index contributed by atoms with van der Waals surface area (Å²) in [4.78, 5) is 9.22. The summed E-state index contributed by atoms with van der Waals surface area (Å²) in [5.74, 6) is 0.453. The molecular weight excluding hydrogens is 384 g/mol. The Morgan fingerprint density at radius 1 is 0.645 bits per heavy atom. The number of aliphatic imine (C=N–C) groups is 2. The van der Waals surface area contributed by atoms with Gasteiger partial charge in [0.1, 0.15) is 11.5 Å². The molecule has 0 bridgehead atoms. The first-order chi connectivity index (χ1) is 14.9. The van der Waals surface area contributed by atoms with E-state index in [4.69, 9.17) is 0 Å². The van der Waals surface area contributed by atoms with Crippen LogP contribution in [-0.4, -0.2) is 35.7 Å². The molecule has 4 aromatic rings. The number of hydrogen-bond acceptors (Lipinski definition) is 4. The second-order valence-electron chi connectivity index (χ2n) is 8.54. The highest BCUT2D eigenvalue weighted by Gasteiger charge is 2.16. The van der Waals surface area contributed by atoms with Gasteiger partial charge in [-0.25, -0.2) is 0 Å². The summed E-state index contributed by atoms with van der Waals surface area (Å²) in [5.41, 5.74) is 1.30. The molecule has 0 aliphatic rings. The summed E-state index contributed by atoms with van der Waals surface area (Å²) in [5, 5.41) is 24.7. The highest BCUT2D eigenvalue weighted by molar-refractivity contribution is 6.03. The van der Waals surface area contributed by atoms with Crippen molar-refractivity contribution in [2.45, 2.75) is 13.8 Å². The van der Waals surface area contributed by atoms with Crippen molar-refractivity contribution in [3.05, 3.63) is 83.9 Å². The van der Waals surface area contributed by atoms with Gasteiger partial charge in [-0.1, -0.05) is 74.5 Å². The second-order valence-corrected chi connectivity index (χ2v) is 8.54. The van der Waals surface area contributed by atoms with Crippen LogP contribution >= 0.6 is 0 Å². The van der Waals surface area contributed by atoms with Crippen molar-refractivity contribution in [3.8, 4) is 11.5 Å². The quantitative estimate of drug-likeness (QED) is 0.385. The summed E-state index contributed by atoms with van der Waals surface area (Å²) in [7, 11) is 0. The van der Waals surface area contributed by atoms with Crippen molar-refractivity contribution in [3.63, 3.8) is 0 Å². The van der Waals surface area contributed by atoms with Crippen LogP contribution in [-0.2, 0) is 0 Å². The number of aromatic hydroxyl groups is 2. The number of hydrogen-bond donors (Lipinski definition) is 2. The lowest BCUT2D eigenvalue weighted by Crippen LogP contribution is -2.19. The molecule has 0 spiro atoms. The molecule has 4 heteroatoms. The van der Waals surface area contributed by atoms with Gasteiger partial charge in [-0.05, 0) is 33.7 Å². The van der Waals surface area contributed by atoms with Gasteiger partial charge < -0.3 is 10.2 Å². The molecule has 0 atom stereocenters. The molecule has 0 aliphatic carbocycles. The molecule has 0 saturated carbocycles. The Balaban J connectivity index is 1.49. The highest BCUT2D eigenvalue weighted by atomic mass is 16.3. The maximum absolute atomic E-state index is 10.3. The topological polar surface area (TPSA) is 65.2 Å². The van der Waals surface area contributed by atoms with E-state index in [2.05, 4.69) is 23.8 Å². The van der Waals surface area contributed by atoms with E-state index >= 15 is 0 Å². The third kappa shape index (κ3) is 4.58. The van der Waals surface area contributed by atoms with Crippen LogP contribution in [0.2, 0.25) is 0 Å². The van der Waals surface area contributed by atoms with E-state index in [1.165, 1.54) is 0 Å². The van der Waals surface area contributed by atoms with Gasteiger partial charge in [0.05, 0.1) is 0 Å². The van der Waals surface area contributed by atoms with Gasteiger partial charge in [-0.2, -0.15) is 0 Å². The minimum Gasteiger partial charge on any atom is -0.507 e. The lowest BCUT2D eigenvalue weighted by Gasteiger charge is -2.19. The van der Waals surface area contributed by atoms with Gasteiger partial charge in [-0.3, -0.25) is 9.98 Å². The molecule has 0 unspecified atom stereocenters. The highest BCUT2D eigenvalue weighted by Crippen LogP contribution is 2.27. The van der Waals surface area contributed by atoms with Gasteiger partial charge >= 0.3 is 0 Å². The Morgan fingerprint density at radius 3 is 1.52 bits per heavy atom. The molecule has 2 N–H and O–H groups in total. The molecule has 0 heterocycles. The van der Waals surface area contributed by atoms with Crippen molar-refractivity contribution >= 4 is 34.0 Å². The Labute approximate surface area is 182 Å². The molecule has 0 saturated heterocycles. The monoisotopic (exact) mass is 410 g/mol. The maximum atomic E-state index is 10.3. The minimum atomic E-state index is -0.173. The third-order valence-electron chi connectivity index (χ3n) is 5.37. The summed E-state index contributed by atoms with van der Waals surface area (Å²) in [6.45, 7) is 5.34. The number of phenolic OH excluding ortho intramolecular Hbond substituents is 2. The first kappa shape index (κ1) is 20.6. The molecule has 0 aliphatic heterocycles. The van der Waals surface area contributed by atoms with Crippen molar-refractivity contribution in [1.82, 2.24) is 0 Å². The standard InChI is InChI=1S/C27H26N2O2/c1-27(2,17-28-15-23-21-9-5-3-7-19(21)11-13-25(23)30)18-29-16-24-22-10-6-4-8-20(22)12-14-26(24)31/h3-16,30-31H,17-18H2,1-2H3. The lowest BCUT2D eigenvalue weighted by atomic mass is 9.94. The van der Waals surface area contributed by atoms with E-state index in [0.717, 1.165) is 32.7 Å². The van der Waals surface area contributed by atoms with E-state index in [1.54, 1.807) is 24.6 Å². The zero-order valence-electron chi connectivity index (χ0n) is 17.8. The van der Waals surface area contributed by atoms with Gasteiger partial charge in [0.15, 0.2) is 0 Å². The zero-order chi connectivity index (χ0) is 21.8. The van der Waals surface area contributed by atoms with E-state index in [0.29, 0.717) is 13.1 Å². The van der Waals surface area contributed by atoms with E-state index < -0.39 is 0 Å². The number of fused-ring (bicyclic) bond motifs is 2. The molecule has 0 radical (unpaired) electrons. The van der Waals surface area contributed by atoms with Crippen LogP contribution in [0.25, 0.3) is 21.5 Å². The predicted molar refractivity (Wildman–Crippen MR) is 130 cm³/mol. The lowest BCUT2D eigenvalue weighted by molar-refractivity contribution is 0.396. The van der Waals surface area contributed by atoms with Crippen molar-refractivity contribution < 1.29 is 10.2 Å². The van der Waals surface area contributed by atoms with Gasteiger partial charge in [0, 0.05) is 42.1 Å². The first-order valence-electron chi connectivity index (χ1n) is 10.4. The molecule has 0 aromatic heterocycles. The van der Waals surface area contributed by atoms with Gasteiger partial charge in [0.2, 0.25) is 0 Å². The smallest absolute Gasteiger partial charge is 0.124 e. The number of phenols is 2. The summed E-state index contributed by atoms with van der Waals surface area (Å²) < 4.78 is 0. The van der Waals surface area contributed by atoms with Crippen molar-refractivity contribution in [2.24, 2.45) is 15.4 Å². The van der Waals surface area contributed by atoms with Crippen LogP contribution in [0.5, 0.6) is 11.5 Å². The van der Waals surface area contributed by atoms with Crippen LogP contribution in [0.15, 0.2) is 82.8 Å². The molecule has 156 valence electrons. The first-order valence-corrected chi connectivity index (χ1v) is 10.4. The van der Waals surface area contributed by atoms with Crippen LogP contribution in [0, 0.1) is 5.41 Å². The molecule has 4 aromatic carbocycles. The summed E-state index contributed by atoms with van der Waals surface area (Å²) >= 11 is 0. The van der Waals surface area contributed by atoms with Gasteiger partial charge in [-0.15, -0.1) is 0 Å². The number of nitrogens with zero attached hydrogens (tertiary/aromatic N) is 2. The average Bonchev–Trinajstić information content (AvgIpc) is 2.77. The van der Waals surface area contributed by atoms with Crippen molar-refractivity contribution in [2.75, 3.05) is 13.1 Å². The largest absolute Gasteiger partial charge is 0.507 e. The fraction of sp³-hybridized carbons (Fsp3) is 0.185. The van der Waals surface area contributed by atoms with Crippen LogP contribution < -0.4 is 0 Å². The summed E-state index contributed by atoms with van der Waals surface area (Å²) in [6.07, 6.45) is 3.50. The van der Waals surface area contributed by atoms with E-state index in [1.807, 2.05) is 60.7 Å². The fourth-order valence-corrected chi connectivity index (χ4v) is 3.66. The molecule has 4 rings (SSSR count). The molecule has 0 amide bonds. The predicted octanol–water partition coefficient (Wildman–Crippen LogP) is 5.97. The van der Waals surface area contributed by atoms with E-state index in [9.17, 15) is 10.2 Å². The van der Waals surface area contributed by atoms with Gasteiger partial charge in [0.25, 0.3) is 0 Å². The van der Waals surface area contributed by atoms with Crippen LogP contribution in [0.3, 0.4) is 0 Å². The normalized spacial score (nSPS) is 12.5. The maximum Gasteiger partial charge on any atom is 0.124 e. The summed E-state index contributed by atoms with van der Waals surface area (Å²) in [6, 6.07) is 23.1. The van der Waals surface area contributed by atoms with Crippen molar-refractivity contribution in [1.29, 1.82) is 0 Å². The van der Waals surface area contributed by atoms with E-state index in [-0.39, 0.29) is 16.9 Å². The Morgan fingerprint density at radius 2 is 1.06 bits per heavy atom. The molecule has 31 heavy (non-hydrogen) atoms. The van der Waals surface area contributed by atoms with Crippen LogP contribution in [0.1, 0.15) is 25.0 Å². The SMILES string of the molecule is CC(C)(CN=Cc1c(O)ccc2ccccc12)CN=Cc1c(O)ccc2ccccc12. The Bertz CT molecular complexity index is 1190. The fourth-order valence-electron chi connectivity index (χ4n) is 3.66. The Kier molecular flexibility index (Phi) is 5.72. The zero-order valence-corrected chi connectivity index (χ0v) is 17.8. The number of benzene rings is 4. The molecule has 0 fully saturated rings. The third-order valence-corrected chi connectivity index (χ3v) is 5.37. The second kappa shape index (κ2) is 8.60. The molecular formula is C27H26N2O2. The number of rotatable bonds is 6. The average molecular weight is 411 g/mol.